The molecular weight excluding hydrogens is 246 g/mol. The Balaban J connectivity index is 1.88. The van der Waals surface area contributed by atoms with Crippen LogP contribution in [0.25, 0.3) is 10.9 Å². The lowest BCUT2D eigenvalue weighted by Gasteiger charge is -2.36. The normalized spacial score (nSPS) is 20.9. The molecule has 1 heterocycles. The van der Waals surface area contributed by atoms with Crippen LogP contribution >= 0.6 is 0 Å². The zero-order valence-electron chi connectivity index (χ0n) is 12.3. The minimum Gasteiger partial charge on any atom is -0.388 e. The van der Waals surface area contributed by atoms with Gasteiger partial charge in [-0.15, -0.1) is 0 Å². The van der Waals surface area contributed by atoms with Gasteiger partial charge in [-0.2, -0.15) is 0 Å². The summed E-state index contributed by atoms with van der Waals surface area (Å²) in [6.45, 7) is 4.66. The van der Waals surface area contributed by atoms with Crippen LogP contribution in [0.5, 0.6) is 0 Å². The van der Waals surface area contributed by atoms with Gasteiger partial charge in [0.15, 0.2) is 0 Å². The predicted molar refractivity (Wildman–Crippen MR) is 82.4 cm³/mol. The summed E-state index contributed by atoms with van der Waals surface area (Å²) in [7, 11) is 0. The average molecular weight is 269 g/mol. The van der Waals surface area contributed by atoms with Crippen molar-refractivity contribution in [3.8, 4) is 0 Å². The number of aliphatic hydroxyl groups is 1. The molecule has 0 amide bonds. The maximum atomic E-state index is 10.8. The number of para-hydroxylation sites is 1. The summed E-state index contributed by atoms with van der Waals surface area (Å²) in [6, 6.07) is 10.1. The van der Waals surface area contributed by atoms with Crippen molar-refractivity contribution in [3.05, 3.63) is 42.1 Å². The average Bonchev–Trinajstić information content (AvgIpc) is 2.46. The molecule has 0 spiro atoms. The van der Waals surface area contributed by atoms with Crippen molar-refractivity contribution < 1.29 is 5.11 Å². The Morgan fingerprint density at radius 1 is 1.15 bits per heavy atom. The van der Waals surface area contributed by atoms with Crippen molar-refractivity contribution in [2.75, 3.05) is 0 Å². The fourth-order valence-corrected chi connectivity index (χ4v) is 3.36. The maximum absolute atomic E-state index is 10.8. The Morgan fingerprint density at radius 3 is 2.60 bits per heavy atom. The Bertz CT molecular complexity index is 590. The first-order chi connectivity index (χ1) is 9.57. The highest BCUT2D eigenvalue weighted by Gasteiger charge is 2.31. The number of nitrogens with zero attached hydrogens (tertiary/aromatic N) is 1. The van der Waals surface area contributed by atoms with Crippen molar-refractivity contribution in [2.45, 2.75) is 45.6 Å². The standard InChI is InChI=1S/C18H23NO/c1-18(2)10-8-14(9-11-18)17(20)15-7-3-5-13-6-4-12-19-16(13)15/h3-7,12,14,17,20H,8-11H2,1-2H3. The summed E-state index contributed by atoms with van der Waals surface area (Å²) in [5, 5.41) is 11.9. The number of fused-ring (bicyclic) bond motifs is 1. The van der Waals surface area contributed by atoms with Crippen LogP contribution in [0.2, 0.25) is 0 Å². The van der Waals surface area contributed by atoms with Crippen LogP contribution in [-0.4, -0.2) is 10.1 Å². The van der Waals surface area contributed by atoms with Gasteiger partial charge in [0.05, 0.1) is 11.6 Å². The zero-order valence-corrected chi connectivity index (χ0v) is 12.3. The molecule has 1 saturated carbocycles. The second kappa shape index (κ2) is 5.17. The molecule has 1 atom stereocenters. The monoisotopic (exact) mass is 269 g/mol. The van der Waals surface area contributed by atoms with Crippen molar-refractivity contribution in [3.63, 3.8) is 0 Å². The second-order valence-electron chi connectivity index (χ2n) is 6.87. The Morgan fingerprint density at radius 2 is 1.85 bits per heavy atom. The minimum absolute atomic E-state index is 0.371. The molecule has 3 rings (SSSR count). The van der Waals surface area contributed by atoms with E-state index >= 15 is 0 Å². The summed E-state index contributed by atoms with van der Waals surface area (Å²) >= 11 is 0. The summed E-state index contributed by atoms with van der Waals surface area (Å²) in [5.74, 6) is 0.371. The lowest BCUT2D eigenvalue weighted by molar-refractivity contribution is 0.0576. The third-order valence-corrected chi connectivity index (χ3v) is 4.81. The molecule has 1 unspecified atom stereocenters. The Hall–Kier alpha value is -1.41. The minimum atomic E-state index is -0.385. The number of hydrogen-bond acceptors (Lipinski definition) is 2. The van der Waals surface area contributed by atoms with Gasteiger partial charge >= 0.3 is 0 Å². The van der Waals surface area contributed by atoms with E-state index in [9.17, 15) is 5.11 Å². The van der Waals surface area contributed by atoms with Gasteiger partial charge < -0.3 is 5.11 Å². The topological polar surface area (TPSA) is 33.1 Å². The van der Waals surface area contributed by atoms with Gasteiger partial charge in [-0.25, -0.2) is 0 Å². The number of hydrogen-bond donors (Lipinski definition) is 1. The molecule has 2 heteroatoms. The number of rotatable bonds is 2. The molecule has 1 aliphatic rings. The van der Waals surface area contributed by atoms with Gasteiger partial charge in [0.2, 0.25) is 0 Å². The van der Waals surface area contributed by atoms with Crippen LogP contribution in [0.15, 0.2) is 36.5 Å². The zero-order chi connectivity index (χ0) is 14.2. The van der Waals surface area contributed by atoms with E-state index in [0.29, 0.717) is 11.3 Å². The van der Waals surface area contributed by atoms with E-state index in [1.807, 2.05) is 24.4 Å². The fraction of sp³-hybridized carbons (Fsp3) is 0.500. The molecule has 1 aliphatic carbocycles. The van der Waals surface area contributed by atoms with Gasteiger partial charge in [-0.05, 0) is 43.1 Å². The van der Waals surface area contributed by atoms with E-state index < -0.39 is 0 Å². The van der Waals surface area contributed by atoms with Crippen LogP contribution in [0.4, 0.5) is 0 Å². The molecular formula is C18H23NO. The molecule has 20 heavy (non-hydrogen) atoms. The molecule has 0 aliphatic heterocycles. The van der Waals surface area contributed by atoms with E-state index in [4.69, 9.17) is 0 Å². The Kier molecular flexibility index (Phi) is 3.51. The highest BCUT2D eigenvalue weighted by molar-refractivity contribution is 5.81. The van der Waals surface area contributed by atoms with Gasteiger partial charge in [0, 0.05) is 17.1 Å². The molecule has 1 aromatic carbocycles. The van der Waals surface area contributed by atoms with Crippen LogP contribution < -0.4 is 0 Å². The van der Waals surface area contributed by atoms with Crippen molar-refractivity contribution in [1.82, 2.24) is 4.98 Å². The van der Waals surface area contributed by atoms with E-state index in [0.717, 1.165) is 29.3 Å². The quantitative estimate of drug-likeness (QED) is 0.871. The SMILES string of the molecule is CC1(C)CCC(C(O)c2cccc3cccnc23)CC1. The molecule has 1 fully saturated rings. The molecule has 1 N–H and O–H groups in total. The molecule has 2 nitrogen and oxygen atoms in total. The number of aliphatic hydroxyl groups excluding tert-OH is 1. The van der Waals surface area contributed by atoms with Crippen LogP contribution in [0.3, 0.4) is 0 Å². The molecule has 0 saturated heterocycles. The lowest BCUT2D eigenvalue weighted by Crippen LogP contribution is -2.25. The molecule has 106 valence electrons. The van der Waals surface area contributed by atoms with Gasteiger partial charge in [-0.1, -0.05) is 38.1 Å². The molecule has 0 bridgehead atoms. The highest BCUT2D eigenvalue weighted by Crippen LogP contribution is 2.43. The third kappa shape index (κ3) is 2.57. The van der Waals surface area contributed by atoms with Crippen molar-refractivity contribution in [2.24, 2.45) is 11.3 Å². The van der Waals surface area contributed by atoms with E-state index in [-0.39, 0.29) is 6.10 Å². The third-order valence-electron chi connectivity index (χ3n) is 4.81. The summed E-state index contributed by atoms with van der Waals surface area (Å²) in [4.78, 5) is 4.47. The Labute approximate surface area is 120 Å². The van der Waals surface area contributed by atoms with Crippen molar-refractivity contribution >= 4 is 10.9 Å². The van der Waals surface area contributed by atoms with Crippen LogP contribution in [-0.2, 0) is 0 Å². The smallest absolute Gasteiger partial charge is 0.0839 e. The fourth-order valence-electron chi connectivity index (χ4n) is 3.36. The van der Waals surface area contributed by atoms with Gasteiger partial charge in [-0.3, -0.25) is 4.98 Å². The predicted octanol–water partition coefficient (Wildman–Crippen LogP) is 4.48. The second-order valence-corrected chi connectivity index (χ2v) is 6.87. The van der Waals surface area contributed by atoms with Gasteiger partial charge in [0.25, 0.3) is 0 Å². The first kappa shape index (κ1) is 13.6. The van der Waals surface area contributed by atoms with Crippen LogP contribution in [0, 0.1) is 11.3 Å². The first-order valence-electron chi connectivity index (χ1n) is 7.58. The van der Waals surface area contributed by atoms with E-state index in [1.165, 1.54) is 12.8 Å². The molecule has 2 aromatic rings. The summed E-state index contributed by atoms with van der Waals surface area (Å²) in [5.41, 5.74) is 2.38. The van der Waals surface area contributed by atoms with Crippen LogP contribution in [0.1, 0.15) is 51.2 Å². The molecule has 0 radical (unpaired) electrons. The van der Waals surface area contributed by atoms with E-state index in [1.54, 1.807) is 0 Å². The molecule has 1 aromatic heterocycles. The highest BCUT2D eigenvalue weighted by atomic mass is 16.3. The van der Waals surface area contributed by atoms with E-state index in [2.05, 4.69) is 31.0 Å². The summed E-state index contributed by atoms with van der Waals surface area (Å²) < 4.78 is 0. The number of aromatic nitrogens is 1. The van der Waals surface area contributed by atoms with Gasteiger partial charge in [0.1, 0.15) is 0 Å². The lowest BCUT2D eigenvalue weighted by atomic mass is 9.71. The number of pyridine rings is 1. The summed E-state index contributed by atoms with van der Waals surface area (Å²) in [6.07, 6.45) is 6.04. The largest absolute Gasteiger partial charge is 0.388 e. The maximum Gasteiger partial charge on any atom is 0.0839 e. The first-order valence-corrected chi connectivity index (χ1v) is 7.58. The van der Waals surface area contributed by atoms with Crippen molar-refractivity contribution in [1.29, 1.82) is 0 Å². The number of benzene rings is 1.